The zero-order valence-electron chi connectivity index (χ0n) is 7.80. The molecule has 0 aromatic carbocycles. The Morgan fingerprint density at radius 1 is 1.64 bits per heavy atom. The van der Waals surface area contributed by atoms with Crippen molar-refractivity contribution in [1.82, 2.24) is 9.78 Å². The second kappa shape index (κ2) is 3.40. The quantitative estimate of drug-likeness (QED) is 0.747. The summed E-state index contributed by atoms with van der Waals surface area (Å²) in [6.07, 6.45) is 1.19. The number of hydrogen-bond acceptors (Lipinski definition) is 4. The Morgan fingerprint density at radius 3 is 2.57 bits per heavy atom. The highest BCUT2D eigenvalue weighted by atomic mass is 32.2. The lowest BCUT2D eigenvalue weighted by atomic mass is 10.4. The van der Waals surface area contributed by atoms with E-state index in [0.29, 0.717) is 0 Å². The zero-order valence-corrected chi connectivity index (χ0v) is 8.61. The maximum Gasteiger partial charge on any atom is 0.256 e. The molecular weight excluding hydrogens is 204 g/mol. The molecule has 0 unspecified atom stereocenters. The molecule has 1 aromatic rings. The van der Waals surface area contributed by atoms with Gasteiger partial charge in [0.15, 0.2) is 5.03 Å². The van der Waals surface area contributed by atoms with E-state index in [-0.39, 0.29) is 16.6 Å². The molecule has 0 saturated heterocycles. The number of nitrogens with zero attached hydrogens (tertiary/aromatic N) is 3. The van der Waals surface area contributed by atoms with Crippen molar-refractivity contribution >= 4 is 10.0 Å². The van der Waals surface area contributed by atoms with E-state index >= 15 is 0 Å². The van der Waals surface area contributed by atoms with Crippen LogP contribution >= 0.6 is 0 Å². The Balaban J connectivity index is 3.52. The summed E-state index contributed by atoms with van der Waals surface area (Å²) in [6, 6.07) is 1.57. The molecule has 0 aliphatic rings. The van der Waals surface area contributed by atoms with Crippen LogP contribution in [0.15, 0.2) is 11.2 Å². The van der Waals surface area contributed by atoms with Gasteiger partial charge in [-0.1, -0.05) is 0 Å². The monoisotopic (exact) mass is 214 g/mol. The van der Waals surface area contributed by atoms with Crippen molar-refractivity contribution in [2.45, 2.75) is 24.9 Å². The Kier molecular flexibility index (Phi) is 2.59. The first-order chi connectivity index (χ1) is 6.38. The summed E-state index contributed by atoms with van der Waals surface area (Å²) in [5.41, 5.74) is -0.0267. The van der Waals surface area contributed by atoms with Crippen molar-refractivity contribution < 1.29 is 8.42 Å². The first kappa shape index (κ1) is 10.7. The molecule has 14 heavy (non-hydrogen) atoms. The first-order valence-corrected chi connectivity index (χ1v) is 5.43. The normalized spacial score (nSPS) is 11.6. The van der Waals surface area contributed by atoms with Crippen molar-refractivity contribution in [3.8, 4) is 6.07 Å². The molecule has 0 amide bonds. The summed E-state index contributed by atoms with van der Waals surface area (Å²) < 4.78 is 23.5. The van der Waals surface area contributed by atoms with Crippen LogP contribution in [-0.4, -0.2) is 18.2 Å². The summed E-state index contributed by atoms with van der Waals surface area (Å²) in [6.45, 7) is 3.51. The van der Waals surface area contributed by atoms with Gasteiger partial charge in [-0.2, -0.15) is 10.4 Å². The van der Waals surface area contributed by atoms with Crippen LogP contribution in [0.3, 0.4) is 0 Å². The van der Waals surface area contributed by atoms with E-state index in [1.165, 1.54) is 10.9 Å². The highest BCUT2D eigenvalue weighted by Crippen LogP contribution is 2.16. The van der Waals surface area contributed by atoms with Crippen LogP contribution in [0.2, 0.25) is 0 Å². The predicted molar refractivity (Wildman–Crippen MR) is 48.7 cm³/mol. The molecule has 0 fully saturated rings. The SMILES string of the molecule is CC(C)n1ncc(C#N)c1S(N)(=O)=O. The molecule has 76 valence electrons. The number of aromatic nitrogens is 2. The molecule has 1 heterocycles. The molecule has 0 bridgehead atoms. The van der Waals surface area contributed by atoms with E-state index < -0.39 is 10.0 Å². The lowest BCUT2D eigenvalue weighted by Gasteiger charge is -2.08. The van der Waals surface area contributed by atoms with Crippen molar-refractivity contribution in [2.24, 2.45) is 5.14 Å². The van der Waals surface area contributed by atoms with Crippen LogP contribution in [0.1, 0.15) is 25.5 Å². The lowest BCUT2D eigenvalue weighted by molar-refractivity contribution is 0.478. The lowest BCUT2D eigenvalue weighted by Crippen LogP contribution is -2.20. The van der Waals surface area contributed by atoms with Gasteiger partial charge in [-0.15, -0.1) is 0 Å². The number of nitrogens with two attached hydrogens (primary N) is 1. The summed E-state index contributed by atoms with van der Waals surface area (Å²) in [7, 11) is -3.90. The molecule has 1 aromatic heterocycles. The van der Waals surface area contributed by atoms with Gasteiger partial charge in [-0.05, 0) is 13.8 Å². The van der Waals surface area contributed by atoms with Gasteiger partial charge < -0.3 is 0 Å². The molecular formula is C7H10N4O2S. The number of nitriles is 1. The van der Waals surface area contributed by atoms with Gasteiger partial charge in [0.2, 0.25) is 0 Å². The third-order valence-electron chi connectivity index (χ3n) is 1.63. The van der Waals surface area contributed by atoms with Crippen LogP contribution in [0.25, 0.3) is 0 Å². The molecule has 0 radical (unpaired) electrons. The van der Waals surface area contributed by atoms with Gasteiger partial charge in [-0.3, -0.25) is 0 Å². The Morgan fingerprint density at radius 2 is 2.21 bits per heavy atom. The summed E-state index contributed by atoms with van der Waals surface area (Å²) in [5.74, 6) is 0. The molecule has 7 heteroatoms. The highest BCUT2D eigenvalue weighted by Gasteiger charge is 2.22. The third-order valence-corrected chi connectivity index (χ3v) is 2.57. The summed E-state index contributed by atoms with van der Waals surface area (Å²) in [5, 5.41) is 17.2. The topological polar surface area (TPSA) is 102 Å². The molecule has 0 atom stereocenters. The Hall–Kier alpha value is -1.39. The van der Waals surface area contributed by atoms with Crippen molar-refractivity contribution in [3.05, 3.63) is 11.8 Å². The summed E-state index contributed by atoms with van der Waals surface area (Å²) in [4.78, 5) is 0. The molecule has 2 N–H and O–H groups in total. The maximum absolute atomic E-state index is 11.2. The van der Waals surface area contributed by atoms with Crippen LogP contribution < -0.4 is 5.14 Å². The minimum absolute atomic E-state index is 0.0267. The predicted octanol–water partition coefficient (Wildman–Crippen LogP) is -0.0169. The largest absolute Gasteiger partial charge is 0.256 e. The van der Waals surface area contributed by atoms with Crippen molar-refractivity contribution in [2.75, 3.05) is 0 Å². The fourth-order valence-corrected chi connectivity index (χ4v) is 2.00. The fraction of sp³-hybridized carbons (Fsp3) is 0.429. The number of sulfonamides is 1. The van der Waals surface area contributed by atoms with Crippen LogP contribution in [-0.2, 0) is 10.0 Å². The average molecular weight is 214 g/mol. The molecule has 0 aliphatic heterocycles. The van der Waals surface area contributed by atoms with Gasteiger partial charge in [0, 0.05) is 6.04 Å². The van der Waals surface area contributed by atoms with E-state index in [9.17, 15) is 8.42 Å². The molecule has 0 saturated carbocycles. The smallest absolute Gasteiger partial charge is 0.249 e. The summed E-state index contributed by atoms with van der Waals surface area (Å²) >= 11 is 0. The highest BCUT2D eigenvalue weighted by molar-refractivity contribution is 7.89. The minimum atomic E-state index is -3.90. The van der Waals surface area contributed by atoms with E-state index in [1.807, 2.05) is 0 Å². The van der Waals surface area contributed by atoms with Gasteiger partial charge in [0.1, 0.15) is 11.6 Å². The standard InChI is InChI=1S/C7H10N4O2S/c1-5(2)11-7(14(9,12)13)6(3-8)4-10-11/h4-5H,1-2H3,(H2,9,12,13). The first-order valence-electron chi connectivity index (χ1n) is 3.88. The van der Waals surface area contributed by atoms with Crippen LogP contribution in [0.4, 0.5) is 0 Å². The van der Waals surface area contributed by atoms with Gasteiger partial charge >= 0.3 is 0 Å². The molecule has 6 nitrogen and oxygen atoms in total. The Labute approximate surface area is 82.0 Å². The molecule has 0 spiro atoms. The third kappa shape index (κ3) is 1.76. The van der Waals surface area contributed by atoms with Crippen LogP contribution in [0, 0.1) is 11.3 Å². The van der Waals surface area contributed by atoms with Crippen molar-refractivity contribution in [3.63, 3.8) is 0 Å². The van der Waals surface area contributed by atoms with E-state index in [1.54, 1.807) is 19.9 Å². The minimum Gasteiger partial charge on any atom is -0.249 e. The van der Waals surface area contributed by atoms with E-state index in [4.69, 9.17) is 10.4 Å². The average Bonchev–Trinajstić information content (AvgIpc) is 2.45. The van der Waals surface area contributed by atoms with Gasteiger partial charge in [0.25, 0.3) is 10.0 Å². The molecule has 0 aliphatic carbocycles. The second-order valence-electron chi connectivity index (χ2n) is 3.06. The van der Waals surface area contributed by atoms with Gasteiger partial charge in [-0.25, -0.2) is 18.2 Å². The molecule has 1 rings (SSSR count). The number of hydrogen-bond donors (Lipinski definition) is 1. The fourth-order valence-electron chi connectivity index (χ4n) is 1.08. The second-order valence-corrected chi connectivity index (χ2v) is 4.54. The van der Waals surface area contributed by atoms with Gasteiger partial charge in [0.05, 0.1) is 6.20 Å². The Bertz CT molecular complexity index is 480. The van der Waals surface area contributed by atoms with Crippen LogP contribution in [0.5, 0.6) is 0 Å². The number of primary sulfonamides is 1. The zero-order chi connectivity index (χ0) is 10.9. The van der Waals surface area contributed by atoms with E-state index in [0.717, 1.165) is 0 Å². The van der Waals surface area contributed by atoms with E-state index in [2.05, 4.69) is 5.10 Å². The van der Waals surface area contributed by atoms with Crippen molar-refractivity contribution in [1.29, 1.82) is 5.26 Å². The number of rotatable bonds is 2. The maximum atomic E-state index is 11.2.